The van der Waals surface area contributed by atoms with E-state index in [2.05, 4.69) is 34.6 Å². The maximum atomic E-state index is 14.5. The number of aliphatic hydroxyl groups excluding tert-OH is 3. The van der Waals surface area contributed by atoms with Gasteiger partial charge in [0, 0.05) is 63.4 Å². The molecular formula is C53H87N3O6+2. The molecule has 0 aromatic rings. The van der Waals surface area contributed by atoms with E-state index in [0.29, 0.717) is 85.9 Å². The average Bonchev–Trinajstić information content (AvgIpc) is 3.32. The second-order valence-electron chi connectivity index (χ2n) is 22.8. The lowest BCUT2D eigenvalue weighted by Crippen LogP contribution is -3.05. The Morgan fingerprint density at radius 1 is 0.871 bits per heavy atom. The zero-order valence-corrected chi connectivity index (χ0v) is 38.6. The van der Waals surface area contributed by atoms with E-state index in [1.54, 1.807) is 7.11 Å². The molecule has 6 unspecified atom stereocenters. The molecule has 8 rings (SSSR count). The zero-order valence-electron chi connectivity index (χ0n) is 38.6. The third-order valence-electron chi connectivity index (χ3n) is 19.0. The van der Waals surface area contributed by atoms with Gasteiger partial charge in [0.2, 0.25) is 0 Å². The molecule has 62 heavy (non-hydrogen) atoms. The molecule has 9 heteroatoms. The molecule has 5 saturated carbocycles. The number of hydrogen-bond donors (Lipinski definition) is 6. The van der Waals surface area contributed by atoms with Crippen LogP contribution in [0.25, 0.3) is 0 Å². The molecule has 9 nitrogen and oxygen atoms in total. The van der Waals surface area contributed by atoms with Gasteiger partial charge in [-0.1, -0.05) is 49.7 Å². The van der Waals surface area contributed by atoms with Gasteiger partial charge in [-0.3, -0.25) is 15.3 Å². The minimum atomic E-state index is -1.04. The van der Waals surface area contributed by atoms with Crippen molar-refractivity contribution in [1.29, 1.82) is 0 Å². The molecule has 2 heterocycles. The number of carbonyl (C=O) groups is 2. The van der Waals surface area contributed by atoms with Gasteiger partial charge in [0.05, 0.1) is 49.0 Å². The monoisotopic (exact) mass is 862 g/mol. The number of quaternary nitrogens is 2. The van der Waals surface area contributed by atoms with Crippen LogP contribution in [0.2, 0.25) is 0 Å². The number of rotatable bonds is 12. The lowest BCUT2D eigenvalue weighted by Gasteiger charge is -2.51. The maximum absolute atomic E-state index is 14.5. The number of Topliss-reactive ketones (excluding diaryl/α,β-unsaturated/α-hetero) is 2. The molecule has 9 N–H and O–H groups in total. The second-order valence-corrected chi connectivity index (χ2v) is 22.8. The van der Waals surface area contributed by atoms with Crippen molar-refractivity contribution < 1.29 is 40.3 Å². The van der Waals surface area contributed by atoms with Gasteiger partial charge in [-0.25, -0.2) is 0 Å². The van der Waals surface area contributed by atoms with Gasteiger partial charge in [0.25, 0.3) is 0 Å². The summed E-state index contributed by atoms with van der Waals surface area (Å²) in [6, 6.07) is 0.472. The van der Waals surface area contributed by atoms with Crippen molar-refractivity contribution in [3.63, 3.8) is 0 Å². The SMILES string of the molecule is COC1CC2CCC(=O)[C@]3(C#C[C@H](CC[C@H](O)C[C@H](C=CC4CCCCC4)C4CC[NH2+]C(N)C4)C2CC1O)CC[C@H](CC[C@H]1C[C@H]2CCC(=O)C[C@H]2[NH2+]C12CCCCC2)C[C@H]3O. The average molecular weight is 862 g/mol. The van der Waals surface area contributed by atoms with E-state index < -0.39 is 23.7 Å². The first-order chi connectivity index (χ1) is 30.0. The number of aliphatic hydroxyl groups is 3. The fourth-order valence-corrected chi connectivity index (χ4v) is 15.2. The van der Waals surface area contributed by atoms with Crippen molar-refractivity contribution in [1.82, 2.24) is 0 Å². The van der Waals surface area contributed by atoms with Crippen LogP contribution >= 0.6 is 0 Å². The Kier molecular flexibility index (Phi) is 16.1. The number of nitrogens with two attached hydrogens (primary N) is 3. The molecule has 0 aromatic heterocycles. The highest BCUT2D eigenvalue weighted by Crippen LogP contribution is 2.49. The number of fused-ring (bicyclic) bond motifs is 2. The molecule has 0 radical (unpaired) electrons. The van der Waals surface area contributed by atoms with Crippen LogP contribution in [0.15, 0.2) is 12.2 Å². The van der Waals surface area contributed by atoms with Gasteiger partial charge >= 0.3 is 0 Å². The first-order valence-electron chi connectivity index (χ1n) is 26.3. The minimum Gasteiger partial charge on any atom is -0.393 e. The number of methoxy groups -OCH3 is 1. The molecule has 8 aliphatic rings. The van der Waals surface area contributed by atoms with Crippen molar-refractivity contribution in [2.75, 3.05) is 13.7 Å². The molecule has 0 bridgehead atoms. The smallest absolute Gasteiger partial charge is 0.153 e. The number of allylic oxidation sites excluding steroid dienone is 2. The topological polar surface area (TPSA) is 163 Å². The summed E-state index contributed by atoms with van der Waals surface area (Å²) in [5.41, 5.74) is 5.69. The lowest BCUT2D eigenvalue weighted by atomic mass is 9.60. The third-order valence-corrected chi connectivity index (χ3v) is 19.0. The highest BCUT2D eigenvalue weighted by Gasteiger charge is 2.53. The van der Waals surface area contributed by atoms with Crippen LogP contribution in [-0.2, 0) is 14.3 Å². The Balaban J connectivity index is 0.953. The van der Waals surface area contributed by atoms with Crippen molar-refractivity contribution in [2.24, 2.45) is 64.4 Å². The number of ether oxygens (including phenoxy) is 1. The molecule has 2 spiro atoms. The van der Waals surface area contributed by atoms with Crippen LogP contribution < -0.4 is 16.4 Å². The normalized spacial score (nSPS) is 41.6. The van der Waals surface area contributed by atoms with E-state index in [0.717, 1.165) is 70.8 Å². The molecule has 2 saturated heterocycles. The van der Waals surface area contributed by atoms with E-state index in [1.807, 2.05) is 0 Å². The molecular weight excluding hydrogens is 775 g/mol. The fraction of sp³-hybridized carbons (Fsp3) is 0.887. The number of ketones is 2. The summed E-state index contributed by atoms with van der Waals surface area (Å²) in [5, 5.41) is 40.3. The second kappa shape index (κ2) is 21.3. The van der Waals surface area contributed by atoms with Gasteiger partial charge < -0.3 is 30.7 Å². The first-order valence-corrected chi connectivity index (χ1v) is 26.3. The predicted molar refractivity (Wildman–Crippen MR) is 242 cm³/mol. The molecule has 7 fully saturated rings. The van der Waals surface area contributed by atoms with Crippen molar-refractivity contribution in [3.8, 4) is 11.8 Å². The molecule has 15 atom stereocenters. The van der Waals surface area contributed by atoms with Crippen molar-refractivity contribution in [3.05, 3.63) is 12.2 Å². The van der Waals surface area contributed by atoms with Gasteiger partial charge in [0.15, 0.2) is 5.78 Å². The molecule has 0 amide bonds. The van der Waals surface area contributed by atoms with Crippen LogP contribution in [0.3, 0.4) is 0 Å². The van der Waals surface area contributed by atoms with E-state index in [9.17, 15) is 24.9 Å². The first kappa shape index (κ1) is 46.9. The highest BCUT2D eigenvalue weighted by atomic mass is 16.5. The van der Waals surface area contributed by atoms with E-state index in [-0.39, 0.29) is 41.3 Å². The van der Waals surface area contributed by atoms with Crippen LogP contribution in [-0.4, -0.2) is 82.7 Å². The summed E-state index contributed by atoms with van der Waals surface area (Å²) in [6.45, 7) is 1.04. The number of carbonyl (C=O) groups excluding carboxylic acids is 2. The van der Waals surface area contributed by atoms with E-state index >= 15 is 0 Å². The van der Waals surface area contributed by atoms with Gasteiger partial charge in [0.1, 0.15) is 17.4 Å². The van der Waals surface area contributed by atoms with Gasteiger partial charge in [-0.15, -0.1) is 0 Å². The van der Waals surface area contributed by atoms with E-state index in [4.69, 9.17) is 10.5 Å². The Bertz CT molecular complexity index is 1580. The van der Waals surface area contributed by atoms with Crippen molar-refractivity contribution >= 4 is 11.6 Å². The van der Waals surface area contributed by atoms with Crippen LogP contribution in [0, 0.1) is 70.5 Å². The van der Waals surface area contributed by atoms with Crippen LogP contribution in [0.4, 0.5) is 0 Å². The predicted octanol–water partition coefficient (Wildman–Crippen LogP) is 5.86. The largest absolute Gasteiger partial charge is 0.393 e. The Morgan fingerprint density at radius 3 is 2.44 bits per heavy atom. The Hall–Kier alpha value is -1.64. The minimum absolute atomic E-state index is 0.0723. The van der Waals surface area contributed by atoms with Crippen molar-refractivity contribution in [2.45, 2.75) is 222 Å². The summed E-state index contributed by atoms with van der Waals surface area (Å²) in [6.07, 6.45) is 30.8. The summed E-state index contributed by atoms with van der Waals surface area (Å²) in [7, 11) is 1.68. The third kappa shape index (κ3) is 11.0. The van der Waals surface area contributed by atoms with E-state index in [1.165, 1.54) is 77.0 Å². The number of piperidine rings is 2. The maximum Gasteiger partial charge on any atom is 0.153 e. The Morgan fingerprint density at radius 2 is 1.66 bits per heavy atom. The molecule has 6 aliphatic carbocycles. The van der Waals surface area contributed by atoms with Crippen LogP contribution in [0.1, 0.15) is 180 Å². The summed E-state index contributed by atoms with van der Waals surface area (Å²) in [5.74, 6) is 11.2. The standard InChI is InChI=1S/C53H85N3O6/c1-62-48-31-40-15-19-49(60)52(25-20-36(28-50(52)61)11-16-42-29-41-14-18-44(58)33-46(41)56-53(42)23-6-3-7-24-53)26-21-37(45(40)34-47(48)59)13-17-43(57)30-38(39-22-27-55-51(54)32-39)12-10-35-8-4-2-5-9-35/h10,12,35-43,45-48,50-51,55-57,59,61H,2-9,11,13-20,22-25,27-34,54H2,1H3/p+2/t36-,37-,38-,39?,40?,41+,42-,43-,45?,46+,47?,48?,50+,51?,52+/m0/s1. The molecule has 2 aliphatic heterocycles. The lowest BCUT2D eigenvalue weighted by molar-refractivity contribution is -0.782. The Labute approximate surface area is 374 Å². The van der Waals surface area contributed by atoms with Gasteiger partial charge in [-0.05, 0) is 145 Å². The molecule has 348 valence electrons. The fourth-order valence-electron chi connectivity index (χ4n) is 15.2. The number of hydrogen-bond acceptors (Lipinski definition) is 7. The summed E-state index contributed by atoms with van der Waals surface area (Å²) >= 11 is 0. The quantitative estimate of drug-likeness (QED) is 0.106. The summed E-state index contributed by atoms with van der Waals surface area (Å²) < 4.78 is 5.78. The summed E-state index contributed by atoms with van der Waals surface area (Å²) in [4.78, 5) is 27.0. The zero-order chi connectivity index (χ0) is 43.3. The molecule has 0 aromatic carbocycles. The highest BCUT2D eigenvalue weighted by molar-refractivity contribution is 5.89. The van der Waals surface area contributed by atoms with Gasteiger partial charge in [-0.2, -0.15) is 0 Å². The van der Waals surface area contributed by atoms with Crippen LogP contribution in [0.5, 0.6) is 0 Å².